The molecule has 0 spiro atoms. The number of nitrogens with zero attached hydrogens (tertiary/aromatic N) is 5. The Morgan fingerprint density at radius 2 is 1.95 bits per heavy atom. The summed E-state index contributed by atoms with van der Waals surface area (Å²) in [5.74, 6) is -0.744. The number of rotatable bonds is 11. The third-order valence-corrected chi connectivity index (χ3v) is 10.5. The van der Waals surface area contributed by atoms with Crippen LogP contribution in [0.15, 0.2) is 47.6 Å². The zero-order chi connectivity index (χ0) is 31.7. The van der Waals surface area contributed by atoms with Gasteiger partial charge in [0.2, 0.25) is 22.4 Å². The lowest BCUT2D eigenvalue weighted by molar-refractivity contribution is -0.0847. The van der Waals surface area contributed by atoms with Crippen LogP contribution in [0.25, 0.3) is 5.52 Å². The summed E-state index contributed by atoms with van der Waals surface area (Å²) in [5.41, 5.74) is 4.43. The quantitative estimate of drug-likeness (QED) is 0.172. The topological polar surface area (TPSA) is 218 Å². The maximum absolute atomic E-state index is 13.2. The third-order valence-electron chi connectivity index (χ3n) is 7.18. The highest BCUT2D eigenvalue weighted by Gasteiger charge is 2.62. The van der Waals surface area contributed by atoms with Crippen molar-refractivity contribution in [2.45, 2.75) is 55.5 Å². The largest absolute Gasteiger partial charge is 0.478 e. The standard InChI is InChI=1S/C26H31N6O10PS/c1-3-11-31(12-4-2)44(36,37)18-7-5-17(6-8-18)25(34)38-16-40-43(35)39-13-20-22(42-43)23(33)26(14-27,41-20)21-10-9-19-24(28)29-15-30-32(19)21/h5-10,15,20,22-23,33H,3-4,11-13,16H2,1-2H3,(H2,28,29,30)/t20?,22-,23-,26+,43+/m1/s1. The zero-order valence-corrected chi connectivity index (χ0v) is 25.5. The predicted octanol–water partition coefficient (Wildman–Crippen LogP) is 1.96. The molecule has 2 fully saturated rings. The van der Waals surface area contributed by atoms with Gasteiger partial charge in [0.1, 0.15) is 36.2 Å². The van der Waals surface area contributed by atoms with Gasteiger partial charge in [-0.25, -0.2) is 31.8 Å². The van der Waals surface area contributed by atoms with Crippen molar-refractivity contribution in [3.63, 3.8) is 0 Å². The number of aromatic nitrogens is 3. The highest BCUT2D eigenvalue weighted by Crippen LogP contribution is 2.58. The first-order chi connectivity index (χ1) is 21.0. The summed E-state index contributed by atoms with van der Waals surface area (Å²) in [6.45, 7) is 3.29. The Labute approximate surface area is 252 Å². The highest BCUT2D eigenvalue weighted by molar-refractivity contribution is 7.89. The maximum atomic E-state index is 13.2. The molecule has 3 aromatic rings. The number of carbonyl (C=O) groups is 1. The first-order valence-corrected chi connectivity index (χ1v) is 16.6. The van der Waals surface area contributed by atoms with Crippen molar-refractivity contribution < 1.29 is 45.9 Å². The number of hydrogen-bond donors (Lipinski definition) is 2. The number of aliphatic hydroxyl groups is 1. The van der Waals surface area contributed by atoms with Gasteiger partial charge in [-0.2, -0.15) is 14.7 Å². The van der Waals surface area contributed by atoms with Crippen LogP contribution in [0.1, 0.15) is 42.7 Å². The van der Waals surface area contributed by atoms with Crippen LogP contribution >= 0.6 is 7.82 Å². The van der Waals surface area contributed by atoms with Gasteiger partial charge in [0.25, 0.3) is 0 Å². The molecule has 18 heteroatoms. The van der Waals surface area contributed by atoms with Gasteiger partial charge >= 0.3 is 13.8 Å². The van der Waals surface area contributed by atoms with Crippen molar-refractivity contribution in [2.24, 2.45) is 0 Å². The van der Waals surface area contributed by atoms with Gasteiger partial charge < -0.3 is 20.3 Å². The number of aliphatic hydroxyl groups excluding tert-OH is 1. The van der Waals surface area contributed by atoms with Gasteiger partial charge in [-0.15, -0.1) is 0 Å². The summed E-state index contributed by atoms with van der Waals surface area (Å²) in [5, 5.41) is 25.4. The number of carbonyl (C=O) groups excluding carboxylic acids is 1. The van der Waals surface area contributed by atoms with Gasteiger partial charge in [0.15, 0.2) is 5.82 Å². The number of esters is 1. The normalized spacial score (nSPS) is 26.8. The number of anilines is 1. The third kappa shape index (κ3) is 5.71. The Hall–Kier alpha value is -3.46. The Morgan fingerprint density at radius 3 is 2.61 bits per heavy atom. The molecule has 0 bridgehead atoms. The van der Waals surface area contributed by atoms with Crippen LogP contribution in [0.5, 0.6) is 0 Å². The summed E-state index contributed by atoms with van der Waals surface area (Å²) in [7, 11) is -8.12. The van der Waals surface area contributed by atoms with Crippen molar-refractivity contribution in [1.82, 2.24) is 18.9 Å². The van der Waals surface area contributed by atoms with Gasteiger partial charge in [-0.3, -0.25) is 9.05 Å². The van der Waals surface area contributed by atoms with Gasteiger partial charge in [0, 0.05) is 13.1 Å². The van der Waals surface area contributed by atoms with E-state index in [1.807, 2.05) is 19.9 Å². The molecular weight excluding hydrogens is 619 g/mol. The van der Waals surface area contributed by atoms with Crippen LogP contribution in [-0.2, 0) is 43.2 Å². The van der Waals surface area contributed by atoms with E-state index in [1.165, 1.54) is 45.5 Å². The molecular formula is C26H31N6O10PS. The van der Waals surface area contributed by atoms with Crippen LogP contribution in [0.4, 0.5) is 5.82 Å². The van der Waals surface area contributed by atoms with Crippen LogP contribution in [-0.4, -0.2) is 83.2 Å². The number of benzene rings is 1. The Kier molecular flexibility index (Phi) is 9.08. The van der Waals surface area contributed by atoms with Crippen LogP contribution in [0.3, 0.4) is 0 Å². The maximum Gasteiger partial charge on any atom is 0.478 e. The monoisotopic (exact) mass is 650 g/mol. The minimum absolute atomic E-state index is 0.0243. The number of fused-ring (bicyclic) bond motifs is 2. The van der Waals surface area contributed by atoms with Crippen LogP contribution in [0, 0.1) is 11.3 Å². The minimum atomic E-state index is -4.39. The van der Waals surface area contributed by atoms with Crippen LogP contribution < -0.4 is 5.73 Å². The molecule has 4 heterocycles. The second-order valence-corrected chi connectivity index (χ2v) is 13.6. The van der Waals surface area contributed by atoms with Gasteiger partial charge in [-0.1, -0.05) is 13.8 Å². The number of hydrogen-bond acceptors (Lipinski definition) is 14. The molecule has 2 aliphatic rings. The molecule has 236 valence electrons. The number of nitrogen functional groups attached to an aromatic ring is 1. The molecule has 2 aliphatic heterocycles. The lowest BCUT2D eigenvalue weighted by Gasteiger charge is -2.30. The van der Waals surface area contributed by atoms with E-state index in [4.69, 9.17) is 28.8 Å². The van der Waals surface area contributed by atoms with Gasteiger partial charge in [-0.05, 0) is 49.2 Å². The molecule has 16 nitrogen and oxygen atoms in total. The van der Waals surface area contributed by atoms with E-state index in [2.05, 4.69) is 10.1 Å². The molecule has 0 saturated carbocycles. The molecule has 1 unspecified atom stereocenters. The van der Waals surface area contributed by atoms with E-state index < -0.39 is 54.5 Å². The molecule has 0 amide bonds. The minimum Gasteiger partial charge on any atom is -0.434 e. The summed E-state index contributed by atoms with van der Waals surface area (Å²) >= 11 is 0. The molecule has 5 atom stereocenters. The van der Waals surface area contributed by atoms with Crippen LogP contribution in [0.2, 0.25) is 0 Å². The average Bonchev–Trinajstić information content (AvgIpc) is 3.57. The Balaban J connectivity index is 1.22. The van der Waals surface area contributed by atoms with Crippen molar-refractivity contribution in [2.75, 3.05) is 32.2 Å². The highest BCUT2D eigenvalue weighted by atomic mass is 32.2. The van der Waals surface area contributed by atoms with E-state index in [-0.39, 0.29) is 28.6 Å². The molecule has 5 rings (SSSR count). The molecule has 0 aliphatic carbocycles. The lowest BCUT2D eigenvalue weighted by atomic mass is 9.92. The second-order valence-electron chi connectivity index (χ2n) is 10.0. The Bertz CT molecular complexity index is 1720. The molecule has 0 radical (unpaired) electrons. The number of nitrogens with two attached hydrogens (primary N) is 1. The number of ether oxygens (including phenoxy) is 2. The van der Waals surface area contributed by atoms with Crippen molar-refractivity contribution in [1.29, 1.82) is 5.26 Å². The molecule has 3 N–H and O–H groups in total. The van der Waals surface area contributed by atoms with E-state index >= 15 is 0 Å². The molecule has 1 aromatic carbocycles. The Morgan fingerprint density at radius 1 is 1.25 bits per heavy atom. The van der Waals surface area contributed by atoms with E-state index in [0.717, 1.165) is 0 Å². The van der Waals surface area contributed by atoms with Crippen molar-refractivity contribution in [3.05, 3.63) is 54.0 Å². The second kappa shape index (κ2) is 12.5. The zero-order valence-electron chi connectivity index (χ0n) is 23.8. The summed E-state index contributed by atoms with van der Waals surface area (Å²) in [4.78, 5) is 16.5. The number of sulfonamides is 1. The van der Waals surface area contributed by atoms with Crippen molar-refractivity contribution in [3.8, 4) is 6.07 Å². The number of phosphoric acid groups is 1. The summed E-state index contributed by atoms with van der Waals surface area (Å²) < 4.78 is 68.5. The van der Waals surface area contributed by atoms with E-state index in [0.29, 0.717) is 31.4 Å². The summed E-state index contributed by atoms with van der Waals surface area (Å²) in [6, 6.07) is 10.2. The SMILES string of the molecule is CCCN(CCC)S(=O)(=O)c1ccc(C(=O)OCO[P@]2(=O)OCC3O[C@@](C#N)(c4ccc5c(N)ncnn45)[C@H](O)[C@@H]3O2)cc1. The molecule has 44 heavy (non-hydrogen) atoms. The summed E-state index contributed by atoms with van der Waals surface area (Å²) in [6.07, 6.45) is -1.49. The lowest BCUT2D eigenvalue weighted by Crippen LogP contribution is -2.43. The fourth-order valence-electron chi connectivity index (χ4n) is 5.06. The first kappa shape index (κ1) is 31.9. The van der Waals surface area contributed by atoms with E-state index in [9.17, 15) is 28.1 Å². The molecule has 2 aromatic heterocycles. The van der Waals surface area contributed by atoms with E-state index in [1.54, 1.807) is 6.07 Å². The fourth-order valence-corrected chi connectivity index (χ4v) is 7.94. The van der Waals surface area contributed by atoms with Crippen molar-refractivity contribution >= 4 is 35.1 Å². The smallest absolute Gasteiger partial charge is 0.434 e. The number of nitriles is 1. The van der Waals surface area contributed by atoms with Gasteiger partial charge in [0.05, 0.1) is 22.8 Å². The molecule has 2 saturated heterocycles. The number of phosphoric ester groups is 1. The fraction of sp³-hybridized carbons (Fsp3) is 0.462. The first-order valence-electron chi connectivity index (χ1n) is 13.7. The predicted molar refractivity (Wildman–Crippen MR) is 151 cm³/mol. The average molecular weight is 651 g/mol.